The topological polar surface area (TPSA) is 76.1 Å². The van der Waals surface area contributed by atoms with Gasteiger partial charge in [-0.25, -0.2) is 0 Å². The number of rotatable bonds is 46. The molecule has 0 rings (SSSR count). The van der Waals surface area contributed by atoms with Crippen molar-refractivity contribution in [2.75, 3.05) is 39.5 Å². The largest absolute Gasteiger partial charge is 0.465 e. The maximum Gasteiger partial charge on any atom is 0.305 e. The van der Waals surface area contributed by atoms with Crippen LogP contribution in [0.3, 0.4) is 0 Å². The molecule has 0 aliphatic rings. The fourth-order valence-corrected chi connectivity index (χ4v) is 8.05. The van der Waals surface area contributed by atoms with Crippen molar-refractivity contribution in [1.29, 1.82) is 0 Å². The fourth-order valence-electron chi connectivity index (χ4n) is 8.05. The van der Waals surface area contributed by atoms with Gasteiger partial charge in [0.1, 0.15) is 0 Å². The molecular formula is C51H101NO5. The van der Waals surface area contributed by atoms with E-state index in [4.69, 9.17) is 9.47 Å². The molecule has 1 N–H and O–H groups in total. The van der Waals surface area contributed by atoms with Crippen molar-refractivity contribution in [2.45, 2.75) is 266 Å². The summed E-state index contributed by atoms with van der Waals surface area (Å²) in [4.78, 5) is 27.6. The van der Waals surface area contributed by atoms with Crippen LogP contribution in [-0.4, -0.2) is 61.4 Å². The SMILES string of the molecule is CCCCCCCCCCC(=O)OCC(C)(C)CCCCCN(CCCCO)CCCCCCC(=O)OCC(CCCCCCCCC)CCCCCCCCC. The van der Waals surface area contributed by atoms with Gasteiger partial charge in [0.2, 0.25) is 0 Å². The Bertz CT molecular complexity index is 829. The Balaban J connectivity index is 4.29. The fraction of sp³-hybridized carbons (Fsp3) is 0.961. The second-order valence-corrected chi connectivity index (χ2v) is 18.7. The molecule has 0 atom stereocenters. The third kappa shape index (κ3) is 41.4. The molecule has 0 radical (unpaired) electrons. The third-order valence-corrected chi connectivity index (χ3v) is 12.1. The van der Waals surface area contributed by atoms with Crippen molar-refractivity contribution < 1.29 is 24.2 Å². The molecule has 6 nitrogen and oxygen atoms in total. The van der Waals surface area contributed by atoms with Crippen molar-refractivity contribution in [1.82, 2.24) is 4.90 Å². The Morgan fingerprint density at radius 3 is 1.30 bits per heavy atom. The van der Waals surface area contributed by atoms with Crippen LogP contribution in [0.1, 0.15) is 266 Å². The number of ether oxygens (including phenoxy) is 2. The number of hydrogen-bond acceptors (Lipinski definition) is 6. The van der Waals surface area contributed by atoms with E-state index in [-0.39, 0.29) is 24.0 Å². The number of carbonyl (C=O) groups excluding carboxylic acids is 2. The number of unbranched alkanes of at least 4 members (excludes halogenated alkanes) is 25. The molecule has 0 aromatic heterocycles. The van der Waals surface area contributed by atoms with E-state index in [1.807, 2.05) is 0 Å². The van der Waals surface area contributed by atoms with Gasteiger partial charge in [-0.2, -0.15) is 0 Å². The lowest BCUT2D eigenvalue weighted by Gasteiger charge is -2.25. The Kier molecular flexibility index (Phi) is 42.1. The Morgan fingerprint density at radius 2 is 0.842 bits per heavy atom. The first-order valence-electron chi connectivity index (χ1n) is 25.4. The molecule has 0 bridgehead atoms. The van der Waals surface area contributed by atoms with Gasteiger partial charge in [-0.3, -0.25) is 9.59 Å². The minimum Gasteiger partial charge on any atom is -0.465 e. The van der Waals surface area contributed by atoms with Gasteiger partial charge in [-0.1, -0.05) is 195 Å². The lowest BCUT2D eigenvalue weighted by atomic mass is 9.88. The zero-order chi connectivity index (χ0) is 41.9. The molecule has 57 heavy (non-hydrogen) atoms. The molecule has 0 aliphatic carbocycles. The van der Waals surface area contributed by atoms with E-state index in [9.17, 15) is 14.7 Å². The standard InChI is InChI=1S/C51H101NO5/c1-6-9-12-15-18-21-24-30-40-50(55)57-47-51(4,5)41-32-27-34-43-52(44-35-36-45-53)42-33-26-25-31-39-49(54)56-46-48(37-28-22-19-16-13-10-7-2)38-29-23-20-17-14-11-8-3/h48,53H,6-47H2,1-5H3. The molecule has 0 amide bonds. The summed E-state index contributed by atoms with van der Waals surface area (Å²) in [5.41, 5.74) is 0.0182. The highest BCUT2D eigenvalue weighted by molar-refractivity contribution is 5.69. The molecule has 0 aromatic rings. The zero-order valence-electron chi connectivity index (χ0n) is 39.3. The number of aliphatic hydroxyl groups is 1. The van der Waals surface area contributed by atoms with Crippen molar-refractivity contribution in [3.05, 3.63) is 0 Å². The summed E-state index contributed by atoms with van der Waals surface area (Å²) in [6.07, 6.45) is 43.0. The Hall–Kier alpha value is -1.14. The van der Waals surface area contributed by atoms with Gasteiger partial charge >= 0.3 is 11.9 Å². The summed E-state index contributed by atoms with van der Waals surface area (Å²) in [5.74, 6) is 0.506. The van der Waals surface area contributed by atoms with E-state index in [1.54, 1.807) is 0 Å². The average molecular weight is 808 g/mol. The molecule has 0 fully saturated rings. The highest BCUT2D eigenvalue weighted by Gasteiger charge is 2.20. The minimum absolute atomic E-state index is 0.00454. The predicted molar refractivity (Wildman–Crippen MR) is 246 cm³/mol. The predicted octanol–water partition coefficient (Wildman–Crippen LogP) is 15.1. The number of esters is 2. The summed E-state index contributed by atoms with van der Waals surface area (Å²) in [7, 11) is 0. The molecule has 0 saturated carbocycles. The van der Waals surface area contributed by atoms with Crippen LogP contribution in [0.4, 0.5) is 0 Å². The van der Waals surface area contributed by atoms with Crippen molar-refractivity contribution in [3.8, 4) is 0 Å². The maximum atomic E-state index is 12.7. The maximum absolute atomic E-state index is 12.7. The van der Waals surface area contributed by atoms with Gasteiger partial charge in [0.15, 0.2) is 0 Å². The average Bonchev–Trinajstić information content (AvgIpc) is 3.20. The van der Waals surface area contributed by atoms with Crippen molar-refractivity contribution >= 4 is 11.9 Å². The van der Waals surface area contributed by atoms with Crippen LogP contribution in [0.25, 0.3) is 0 Å². The van der Waals surface area contributed by atoms with Crippen molar-refractivity contribution in [2.24, 2.45) is 11.3 Å². The highest BCUT2D eigenvalue weighted by Crippen LogP contribution is 2.25. The second-order valence-electron chi connectivity index (χ2n) is 18.7. The Morgan fingerprint density at radius 1 is 0.474 bits per heavy atom. The summed E-state index contributed by atoms with van der Waals surface area (Å²) in [6.45, 7) is 15.9. The van der Waals surface area contributed by atoms with Crippen LogP contribution in [0.15, 0.2) is 0 Å². The summed E-state index contributed by atoms with van der Waals surface area (Å²) >= 11 is 0. The summed E-state index contributed by atoms with van der Waals surface area (Å²) < 4.78 is 11.6. The molecule has 0 spiro atoms. The molecule has 0 saturated heterocycles. The lowest BCUT2D eigenvalue weighted by molar-refractivity contribution is -0.147. The number of nitrogens with zero attached hydrogens (tertiary/aromatic N) is 1. The van der Waals surface area contributed by atoms with Gasteiger partial charge in [0.25, 0.3) is 0 Å². The van der Waals surface area contributed by atoms with Gasteiger partial charge in [0.05, 0.1) is 13.2 Å². The molecule has 340 valence electrons. The van der Waals surface area contributed by atoms with E-state index in [0.29, 0.717) is 32.0 Å². The van der Waals surface area contributed by atoms with Gasteiger partial charge in [0, 0.05) is 19.4 Å². The number of aliphatic hydroxyl groups excluding tert-OH is 1. The molecular weight excluding hydrogens is 707 g/mol. The number of carbonyl (C=O) groups is 2. The first kappa shape index (κ1) is 55.9. The van der Waals surface area contributed by atoms with Crippen LogP contribution < -0.4 is 0 Å². The van der Waals surface area contributed by atoms with Crippen LogP contribution >= 0.6 is 0 Å². The van der Waals surface area contributed by atoms with Gasteiger partial charge < -0.3 is 19.5 Å². The monoisotopic (exact) mass is 808 g/mol. The highest BCUT2D eigenvalue weighted by atomic mass is 16.5. The molecule has 0 aliphatic heterocycles. The van der Waals surface area contributed by atoms with Gasteiger partial charge in [-0.15, -0.1) is 0 Å². The number of hydrogen-bond donors (Lipinski definition) is 1. The van der Waals surface area contributed by atoms with Gasteiger partial charge in [-0.05, 0) is 88.8 Å². The summed E-state index contributed by atoms with van der Waals surface area (Å²) in [6, 6.07) is 0. The Labute approximate surface area is 356 Å². The van der Waals surface area contributed by atoms with Crippen LogP contribution in [0.5, 0.6) is 0 Å². The molecule has 6 heteroatoms. The smallest absolute Gasteiger partial charge is 0.305 e. The first-order valence-corrected chi connectivity index (χ1v) is 25.4. The minimum atomic E-state index is -0.0284. The van der Waals surface area contributed by atoms with Crippen LogP contribution in [0.2, 0.25) is 0 Å². The van der Waals surface area contributed by atoms with E-state index in [1.165, 1.54) is 154 Å². The van der Waals surface area contributed by atoms with E-state index >= 15 is 0 Å². The van der Waals surface area contributed by atoms with E-state index < -0.39 is 0 Å². The molecule has 0 unspecified atom stereocenters. The normalized spacial score (nSPS) is 11.9. The van der Waals surface area contributed by atoms with E-state index in [0.717, 1.165) is 83.8 Å². The van der Waals surface area contributed by atoms with Crippen LogP contribution in [-0.2, 0) is 19.1 Å². The quantitative estimate of drug-likeness (QED) is 0.0488. The van der Waals surface area contributed by atoms with Crippen molar-refractivity contribution in [3.63, 3.8) is 0 Å². The molecule has 0 heterocycles. The second kappa shape index (κ2) is 43.0. The third-order valence-electron chi connectivity index (χ3n) is 12.1. The molecule has 0 aromatic carbocycles. The van der Waals surface area contributed by atoms with E-state index in [2.05, 4.69) is 39.5 Å². The van der Waals surface area contributed by atoms with Crippen LogP contribution in [0, 0.1) is 11.3 Å². The first-order chi connectivity index (χ1) is 27.8. The zero-order valence-corrected chi connectivity index (χ0v) is 39.3. The summed E-state index contributed by atoms with van der Waals surface area (Å²) in [5, 5.41) is 9.34. The lowest BCUT2D eigenvalue weighted by Crippen LogP contribution is -2.27.